The number of ether oxygens (including phenoxy) is 1. The highest BCUT2D eigenvalue weighted by molar-refractivity contribution is 6.45. The third-order valence-corrected chi connectivity index (χ3v) is 8.22. The maximum atomic E-state index is 13.1. The van der Waals surface area contributed by atoms with E-state index in [1.54, 1.807) is 20.8 Å². The number of alkyl carbamates (subject to hydrolysis) is 1. The maximum Gasteiger partial charge on any atom is 0.457 e. The van der Waals surface area contributed by atoms with Gasteiger partial charge in [0, 0.05) is 6.04 Å². The summed E-state index contributed by atoms with van der Waals surface area (Å²) in [6.45, 7) is 17.2. The molecule has 2 aliphatic rings. The molecule has 0 bridgehead atoms. The molecule has 2 amide bonds. The van der Waals surface area contributed by atoms with Crippen molar-refractivity contribution in [1.82, 2.24) is 10.6 Å². The lowest BCUT2D eigenvalue weighted by molar-refractivity contribution is -0.149. The zero-order valence-corrected chi connectivity index (χ0v) is 24.4. The fourth-order valence-electron chi connectivity index (χ4n) is 5.06. The van der Waals surface area contributed by atoms with Gasteiger partial charge in [0.1, 0.15) is 11.6 Å². The Hall–Kier alpha value is -1.81. The zero-order chi connectivity index (χ0) is 28.2. The van der Waals surface area contributed by atoms with Gasteiger partial charge in [-0.05, 0) is 86.4 Å². The van der Waals surface area contributed by atoms with Gasteiger partial charge in [0.25, 0.3) is 0 Å². The molecule has 0 unspecified atom stereocenters. The summed E-state index contributed by atoms with van der Waals surface area (Å²) in [5.74, 6) is -1.22. The van der Waals surface area contributed by atoms with E-state index >= 15 is 0 Å². The molecular weight excluding hydrogens is 475 g/mol. The van der Waals surface area contributed by atoms with E-state index in [1.165, 1.54) is 0 Å². The minimum atomic E-state index is -0.863. The fraction of sp³-hybridized carbons (Fsp3) is 0.889. The van der Waals surface area contributed by atoms with Crippen LogP contribution in [0.5, 0.6) is 0 Å². The predicted octanol–water partition coefficient (Wildman–Crippen LogP) is 4.93. The van der Waals surface area contributed by atoms with E-state index in [-0.39, 0.29) is 36.2 Å². The highest BCUT2D eigenvalue weighted by Gasteiger charge is 2.51. The Morgan fingerprint density at radius 2 is 1.70 bits per heavy atom. The second kappa shape index (κ2) is 11.9. The van der Waals surface area contributed by atoms with Crippen LogP contribution in [0, 0.1) is 11.3 Å². The first kappa shape index (κ1) is 31.4. The largest absolute Gasteiger partial charge is 0.481 e. The van der Waals surface area contributed by atoms with Crippen molar-refractivity contribution in [2.75, 3.05) is 0 Å². The van der Waals surface area contributed by atoms with Gasteiger partial charge in [-0.2, -0.15) is 0 Å². The quantitative estimate of drug-likeness (QED) is 0.259. The molecule has 4 atom stereocenters. The van der Waals surface area contributed by atoms with Gasteiger partial charge in [-0.3, -0.25) is 9.59 Å². The molecule has 1 heterocycles. The maximum absolute atomic E-state index is 13.1. The lowest BCUT2D eigenvalue weighted by atomic mass is 9.77. The Balaban J connectivity index is 1.91. The van der Waals surface area contributed by atoms with Crippen LogP contribution in [-0.4, -0.2) is 59.1 Å². The number of amides is 2. The van der Waals surface area contributed by atoms with Crippen molar-refractivity contribution in [3.05, 3.63) is 0 Å². The number of carbonyl (C=O) groups is 3. The van der Waals surface area contributed by atoms with Crippen LogP contribution in [0.15, 0.2) is 0 Å². The molecule has 9 nitrogen and oxygen atoms in total. The zero-order valence-electron chi connectivity index (χ0n) is 24.4. The highest BCUT2D eigenvalue weighted by Crippen LogP contribution is 2.44. The predicted molar refractivity (Wildman–Crippen MR) is 143 cm³/mol. The molecular formula is C27H49BN2O7. The number of hydrogen-bond donors (Lipinski definition) is 3. The van der Waals surface area contributed by atoms with E-state index in [2.05, 4.69) is 10.6 Å². The Morgan fingerprint density at radius 1 is 1.11 bits per heavy atom. The number of nitrogens with one attached hydrogen (secondary N) is 2. The smallest absolute Gasteiger partial charge is 0.457 e. The molecule has 1 aliphatic carbocycles. The number of carboxylic acids is 1. The molecule has 0 aromatic rings. The number of rotatable bonds is 11. The Morgan fingerprint density at radius 3 is 2.22 bits per heavy atom. The average molecular weight is 525 g/mol. The number of aliphatic carboxylic acids is 1. The van der Waals surface area contributed by atoms with Crippen molar-refractivity contribution in [3.8, 4) is 0 Å². The number of carboxylic acid groups (broad SMARTS) is 1. The average Bonchev–Trinajstić information content (AvgIpc) is 3.25. The molecule has 1 saturated heterocycles. The topological polar surface area (TPSA) is 123 Å². The minimum Gasteiger partial charge on any atom is -0.481 e. The van der Waals surface area contributed by atoms with Crippen molar-refractivity contribution in [1.29, 1.82) is 0 Å². The third-order valence-electron chi connectivity index (χ3n) is 8.22. The standard InChI is InChI=1S/C27H49BN2O7/c1-10-18(2)20(30-23(34)35-24(3,4)5)21(31)29-19-13-15-27(17-19,22(32)33)14-11-12-16-28-36-25(6,7)26(8,9)37-28/h18-20H,10-17H2,1-9H3,(H,29,31)(H,30,34)(H,32,33)/t18-,19-,20-,27+/m0/s1. The Labute approximate surface area is 223 Å². The SMILES string of the molecule is CC[C@H](C)[C@H](NC(=O)OC(C)(C)C)C(=O)N[C@H]1CC[C@@](CCCCB2OC(C)(C)C(C)(C)O2)(C(=O)O)C1. The van der Waals surface area contributed by atoms with Crippen molar-refractivity contribution in [3.63, 3.8) is 0 Å². The molecule has 1 saturated carbocycles. The van der Waals surface area contributed by atoms with Gasteiger partial charge in [0.2, 0.25) is 5.91 Å². The van der Waals surface area contributed by atoms with Crippen LogP contribution in [0.2, 0.25) is 6.32 Å². The highest BCUT2D eigenvalue weighted by atomic mass is 16.7. The van der Waals surface area contributed by atoms with E-state index in [0.29, 0.717) is 32.1 Å². The molecule has 10 heteroatoms. The van der Waals surface area contributed by atoms with Gasteiger partial charge in [-0.15, -0.1) is 0 Å². The summed E-state index contributed by atoms with van der Waals surface area (Å²) >= 11 is 0. The van der Waals surface area contributed by atoms with E-state index in [4.69, 9.17) is 14.0 Å². The van der Waals surface area contributed by atoms with Crippen LogP contribution < -0.4 is 10.6 Å². The van der Waals surface area contributed by atoms with Crippen molar-refractivity contribution < 1.29 is 33.5 Å². The van der Waals surface area contributed by atoms with Gasteiger partial charge < -0.3 is 29.8 Å². The Bertz CT molecular complexity index is 810. The van der Waals surface area contributed by atoms with Gasteiger partial charge in [-0.1, -0.05) is 33.1 Å². The van der Waals surface area contributed by atoms with E-state index in [0.717, 1.165) is 19.2 Å². The molecule has 0 radical (unpaired) electrons. The summed E-state index contributed by atoms with van der Waals surface area (Å²) in [6.07, 6.45) is 4.35. The first-order valence-corrected chi connectivity index (χ1v) is 13.8. The summed E-state index contributed by atoms with van der Waals surface area (Å²) in [4.78, 5) is 37.8. The summed E-state index contributed by atoms with van der Waals surface area (Å²) < 4.78 is 17.4. The second-order valence-corrected chi connectivity index (χ2v) is 13.0. The first-order valence-electron chi connectivity index (χ1n) is 13.8. The van der Waals surface area contributed by atoms with Crippen LogP contribution in [0.25, 0.3) is 0 Å². The van der Waals surface area contributed by atoms with Crippen molar-refractivity contribution >= 4 is 25.1 Å². The normalized spacial score (nSPS) is 26.4. The molecule has 212 valence electrons. The summed E-state index contributed by atoms with van der Waals surface area (Å²) in [6, 6.07) is -1.00. The second-order valence-electron chi connectivity index (χ2n) is 13.0. The van der Waals surface area contributed by atoms with Crippen LogP contribution >= 0.6 is 0 Å². The van der Waals surface area contributed by atoms with Crippen LogP contribution in [0.4, 0.5) is 4.79 Å². The van der Waals surface area contributed by atoms with Gasteiger partial charge in [0.15, 0.2) is 0 Å². The first-order chi connectivity index (χ1) is 16.9. The molecule has 37 heavy (non-hydrogen) atoms. The lowest BCUT2D eigenvalue weighted by Crippen LogP contribution is -2.53. The van der Waals surface area contributed by atoms with E-state index in [1.807, 2.05) is 41.5 Å². The van der Waals surface area contributed by atoms with Gasteiger partial charge in [0.05, 0.1) is 16.6 Å². The third kappa shape index (κ3) is 8.34. The van der Waals surface area contributed by atoms with Crippen LogP contribution in [0.1, 0.15) is 107 Å². The lowest BCUT2D eigenvalue weighted by Gasteiger charge is -2.32. The van der Waals surface area contributed by atoms with E-state index < -0.39 is 29.1 Å². The number of carbonyl (C=O) groups excluding carboxylic acids is 2. The summed E-state index contributed by atoms with van der Waals surface area (Å²) in [5, 5.41) is 15.8. The molecule has 2 fully saturated rings. The molecule has 1 aliphatic heterocycles. The Kier molecular flexibility index (Phi) is 10.1. The number of unbranched alkanes of at least 4 members (excludes halogenated alkanes) is 1. The molecule has 0 aromatic carbocycles. The monoisotopic (exact) mass is 524 g/mol. The summed E-state index contributed by atoms with van der Waals surface area (Å²) in [7, 11) is -0.281. The van der Waals surface area contributed by atoms with Crippen molar-refractivity contribution in [2.24, 2.45) is 11.3 Å². The van der Waals surface area contributed by atoms with Crippen molar-refractivity contribution in [2.45, 2.75) is 142 Å². The molecule has 0 aromatic heterocycles. The van der Waals surface area contributed by atoms with E-state index in [9.17, 15) is 19.5 Å². The van der Waals surface area contributed by atoms with Crippen LogP contribution in [0.3, 0.4) is 0 Å². The number of hydrogen-bond acceptors (Lipinski definition) is 6. The molecule has 2 rings (SSSR count). The molecule has 3 N–H and O–H groups in total. The summed E-state index contributed by atoms with van der Waals surface area (Å²) in [5.41, 5.74) is -2.28. The van der Waals surface area contributed by atoms with Gasteiger partial charge >= 0.3 is 19.2 Å². The molecule has 0 spiro atoms. The van der Waals surface area contributed by atoms with Crippen LogP contribution in [-0.2, 0) is 23.6 Å². The van der Waals surface area contributed by atoms with Gasteiger partial charge in [-0.25, -0.2) is 4.79 Å². The fourth-order valence-corrected chi connectivity index (χ4v) is 5.06. The minimum absolute atomic E-state index is 0.104.